The summed E-state index contributed by atoms with van der Waals surface area (Å²) < 4.78 is 11.0. The molecule has 0 aromatic heterocycles. The summed E-state index contributed by atoms with van der Waals surface area (Å²) in [5, 5.41) is 7.65. The second kappa shape index (κ2) is 7.11. The number of hydrogen-bond acceptors (Lipinski definition) is 4. The van der Waals surface area contributed by atoms with Crippen molar-refractivity contribution < 1.29 is 9.47 Å². The molecule has 2 aromatic carbocycles. The average molecular weight is 327 g/mol. The monoisotopic (exact) mass is 327 g/mol. The maximum absolute atomic E-state index is 5.54. The van der Waals surface area contributed by atoms with E-state index in [1.54, 1.807) is 6.21 Å². The molecule has 1 aliphatic heterocycles. The van der Waals surface area contributed by atoms with Crippen LogP contribution in [-0.4, -0.2) is 24.5 Å². The minimum Gasteiger partial charge on any atom is -0.486 e. The number of benzene rings is 2. The standard InChI is InChI=1S/C17H17N3O2S/c1-12-3-2-4-14(9-12)19-17(23)20-18-11-13-5-6-15-16(10-13)22-8-7-21-15/h2-6,9-11H,7-8H2,1H3,(H2,19,20,23). The van der Waals surface area contributed by atoms with Gasteiger partial charge in [-0.15, -0.1) is 0 Å². The molecule has 0 bridgehead atoms. The lowest BCUT2D eigenvalue weighted by Crippen LogP contribution is -2.23. The predicted molar refractivity (Wildman–Crippen MR) is 95.6 cm³/mol. The van der Waals surface area contributed by atoms with E-state index >= 15 is 0 Å². The van der Waals surface area contributed by atoms with Crippen molar-refractivity contribution in [3.8, 4) is 11.5 Å². The van der Waals surface area contributed by atoms with Gasteiger partial charge in [-0.2, -0.15) is 5.10 Å². The van der Waals surface area contributed by atoms with Gasteiger partial charge >= 0.3 is 0 Å². The van der Waals surface area contributed by atoms with E-state index in [1.807, 2.05) is 49.4 Å². The highest BCUT2D eigenvalue weighted by atomic mass is 32.1. The minimum atomic E-state index is 0.435. The number of nitrogens with one attached hydrogen (secondary N) is 2. The maximum atomic E-state index is 5.54. The smallest absolute Gasteiger partial charge is 0.191 e. The first-order valence-electron chi connectivity index (χ1n) is 7.27. The molecule has 118 valence electrons. The number of anilines is 1. The Morgan fingerprint density at radius 2 is 1.96 bits per heavy atom. The highest BCUT2D eigenvalue weighted by Gasteiger charge is 2.10. The Hall–Kier alpha value is -2.60. The van der Waals surface area contributed by atoms with Crippen LogP contribution >= 0.6 is 12.2 Å². The van der Waals surface area contributed by atoms with Gasteiger partial charge in [-0.1, -0.05) is 12.1 Å². The van der Waals surface area contributed by atoms with Crippen molar-refractivity contribution in [3.63, 3.8) is 0 Å². The largest absolute Gasteiger partial charge is 0.486 e. The molecule has 0 unspecified atom stereocenters. The summed E-state index contributed by atoms with van der Waals surface area (Å²) in [7, 11) is 0. The quantitative estimate of drug-likeness (QED) is 0.515. The number of fused-ring (bicyclic) bond motifs is 1. The lowest BCUT2D eigenvalue weighted by molar-refractivity contribution is 0.171. The van der Waals surface area contributed by atoms with Gasteiger partial charge in [0.15, 0.2) is 16.6 Å². The van der Waals surface area contributed by atoms with Crippen LogP contribution < -0.4 is 20.2 Å². The first kappa shape index (κ1) is 15.3. The fourth-order valence-corrected chi connectivity index (χ4v) is 2.36. The van der Waals surface area contributed by atoms with Crippen LogP contribution in [0.5, 0.6) is 11.5 Å². The fraction of sp³-hybridized carbons (Fsp3) is 0.176. The summed E-state index contributed by atoms with van der Waals surface area (Å²) in [5.74, 6) is 1.50. The van der Waals surface area contributed by atoms with Gasteiger partial charge in [0.25, 0.3) is 0 Å². The third-order valence-electron chi connectivity index (χ3n) is 3.22. The van der Waals surface area contributed by atoms with E-state index in [0.717, 1.165) is 28.3 Å². The third-order valence-corrected chi connectivity index (χ3v) is 3.42. The number of aryl methyl sites for hydroxylation is 1. The van der Waals surface area contributed by atoms with Crippen molar-refractivity contribution in [1.29, 1.82) is 0 Å². The van der Waals surface area contributed by atoms with Crippen LogP contribution in [0.15, 0.2) is 47.6 Å². The molecule has 2 N–H and O–H groups in total. The van der Waals surface area contributed by atoms with Gasteiger partial charge in [-0.05, 0) is 60.6 Å². The van der Waals surface area contributed by atoms with E-state index in [4.69, 9.17) is 21.7 Å². The Morgan fingerprint density at radius 3 is 2.78 bits per heavy atom. The normalized spacial score (nSPS) is 12.9. The van der Waals surface area contributed by atoms with Gasteiger partial charge in [0.1, 0.15) is 13.2 Å². The van der Waals surface area contributed by atoms with Gasteiger partial charge in [-0.25, -0.2) is 0 Å². The molecule has 0 amide bonds. The van der Waals surface area contributed by atoms with E-state index in [2.05, 4.69) is 15.8 Å². The zero-order valence-electron chi connectivity index (χ0n) is 12.7. The maximum Gasteiger partial charge on any atom is 0.191 e. The Morgan fingerprint density at radius 1 is 1.13 bits per heavy atom. The summed E-state index contributed by atoms with van der Waals surface area (Å²) in [4.78, 5) is 0. The highest BCUT2D eigenvalue weighted by Crippen LogP contribution is 2.30. The third kappa shape index (κ3) is 4.20. The molecule has 0 radical (unpaired) electrons. The Kier molecular flexibility index (Phi) is 4.73. The summed E-state index contributed by atoms with van der Waals surface area (Å²) in [6, 6.07) is 13.6. The van der Waals surface area contributed by atoms with E-state index < -0.39 is 0 Å². The second-order valence-electron chi connectivity index (χ2n) is 5.10. The SMILES string of the molecule is Cc1cccc(NC(=S)NN=Cc2ccc3c(c2)OCCO3)c1. The number of ether oxygens (including phenoxy) is 2. The second-order valence-corrected chi connectivity index (χ2v) is 5.50. The molecular formula is C17H17N3O2S. The van der Waals surface area contributed by atoms with E-state index in [9.17, 15) is 0 Å². The van der Waals surface area contributed by atoms with Crippen LogP contribution in [-0.2, 0) is 0 Å². The Bertz CT molecular complexity index is 746. The molecule has 0 aliphatic carbocycles. The molecule has 23 heavy (non-hydrogen) atoms. The van der Waals surface area contributed by atoms with Crippen molar-refractivity contribution in [1.82, 2.24) is 5.43 Å². The lowest BCUT2D eigenvalue weighted by atomic mass is 10.2. The molecule has 0 saturated heterocycles. The number of hydrazone groups is 1. The van der Waals surface area contributed by atoms with Crippen molar-refractivity contribution in [2.45, 2.75) is 6.92 Å². The van der Waals surface area contributed by atoms with Gasteiger partial charge in [-0.3, -0.25) is 5.43 Å². The van der Waals surface area contributed by atoms with Crippen LogP contribution in [0.25, 0.3) is 0 Å². The zero-order chi connectivity index (χ0) is 16.1. The summed E-state index contributed by atoms with van der Waals surface area (Å²) in [5.41, 5.74) is 5.79. The molecular weight excluding hydrogens is 310 g/mol. The van der Waals surface area contributed by atoms with Crippen molar-refractivity contribution >= 4 is 29.2 Å². The number of thiocarbonyl (C=S) groups is 1. The molecule has 1 heterocycles. The highest BCUT2D eigenvalue weighted by molar-refractivity contribution is 7.80. The summed E-state index contributed by atoms with van der Waals surface area (Å²) in [6.07, 6.45) is 1.68. The fourth-order valence-electron chi connectivity index (χ4n) is 2.19. The molecule has 0 spiro atoms. The van der Waals surface area contributed by atoms with Gasteiger partial charge in [0.2, 0.25) is 0 Å². The molecule has 0 atom stereocenters. The average Bonchev–Trinajstić information content (AvgIpc) is 2.55. The van der Waals surface area contributed by atoms with Gasteiger partial charge in [0, 0.05) is 5.69 Å². The van der Waals surface area contributed by atoms with Crippen molar-refractivity contribution in [2.24, 2.45) is 5.10 Å². The molecule has 3 rings (SSSR count). The number of hydrogen-bond donors (Lipinski definition) is 2. The minimum absolute atomic E-state index is 0.435. The van der Waals surface area contributed by atoms with E-state index in [0.29, 0.717) is 18.3 Å². The molecule has 0 saturated carbocycles. The van der Waals surface area contributed by atoms with E-state index in [-0.39, 0.29) is 0 Å². The van der Waals surface area contributed by atoms with Gasteiger partial charge < -0.3 is 14.8 Å². The molecule has 5 nitrogen and oxygen atoms in total. The predicted octanol–water partition coefficient (Wildman–Crippen LogP) is 3.09. The molecule has 1 aliphatic rings. The van der Waals surface area contributed by atoms with Crippen LogP contribution in [0.4, 0.5) is 5.69 Å². The first-order chi connectivity index (χ1) is 11.2. The Labute approximate surface area is 140 Å². The van der Waals surface area contributed by atoms with Crippen LogP contribution in [0.1, 0.15) is 11.1 Å². The number of rotatable bonds is 3. The number of nitrogens with zero attached hydrogens (tertiary/aromatic N) is 1. The van der Waals surface area contributed by atoms with Crippen molar-refractivity contribution in [2.75, 3.05) is 18.5 Å². The molecule has 6 heteroatoms. The van der Waals surface area contributed by atoms with Crippen LogP contribution in [0.3, 0.4) is 0 Å². The zero-order valence-corrected chi connectivity index (χ0v) is 13.5. The van der Waals surface area contributed by atoms with Crippen molar-refractivity contribution in [3.05, 3.63) is 53.6 Å². The van der Waals surface area contributed by atoms with Gasteiger partial charge in [0.05, 0.1) is 6.21 Å². The molecule has 0 fully saturated rings. The van der Waals surface area contributed by atoms with E-state index in [1.165, 1.54) is 0 Å². The van der Waals surface area contributed by atoms with Crippen LogP contribution in [0, 0.1) is 6.92 Å². The summed E-state index contributed by atoms with van der Waals surface area (Å²) >= 11 is 5.21. The Balaban J connectivity index is 1.57. The first-order valence-corrected chi connectivity index (χ1v) is 7.68. The molecule has 2 aromatic rings. The topological polar surface area (TPSA) is 54.9 Å². The lowest BCUT2D eigenvalue weighted by Gasteiger charge is -2.18. The summed E-state index contributed by atoms with van der Waals surface area (Å²) in [6.45, 7) is 3.18. The van der Waals surface area contributed by atoms with Crippen LogP contribution in [0.2, 0.25) is 0 Å².